The number of hydrogen-bond donors (Lipinski definition) is 1. The zero-order chi connectivity index (χ0) is 19.2. The Morgan fingerprint density at radius 3 is 2.70 bits per heavy atom. The first-order valence-electron chi connectivity index (χ1n) is 7.58. The number of anilines is 1. The van der Waals surface area contributed by atoms with Gasteiger partial charge in [-0.25, -0.2) is 0 Å². The van der Waals surface area contributed by atoms with Gasteiger partial charge >= 0.3 is 0 Å². The van der Waals surface area contributed by atoms with Gasteiger partial charge in [-0.3, -0.25) is 4.79 Å². The highest BCUT2D eigenvalue weighted by Gasteiger charge is 2.12. The average molecular weight is 445 g/mol. The van der Waals surface area contributed by atoms with Crippen LogP contribution in [0.3, 0.4) is 0 Å². The number of nitrogens with one attached hydrogen (secondary N) is 1. The second-order valence-corrected chi connectivity index (χ2v) is 7.32. The summed E-state index contributed by atoms with van der Waals surface area (Å²) >= 11 is 19.0. The minimum atomic E-state index is -0.239. The molecule has 0 unspecified atom stereocenters. The van der Waals surface area contributed by atoms with Crippen LogP contribution >= 0.6 is 46.6 Å². The van der Waals surface area contributed by atoms with E-state index < -0.39 is 0 Å². The van der Waals surface area contributed by atoms with Gasteiger partial charge in [0, 0.05) is 5.02 Å². The monoisotopic (exact) mass is 443 g/mol. The van der Waals surface area contributed by atoms with Gasteiger partial charge in [0.2, 0.25) is 5.91 Å². The number of aromatic nitrogens is 2. The number of carbonyl (C=O) groups excluding carboxylic acids is 1. The average Bonchev–Trinajstić information content (AvgIpc) is 3.09. The molecule has 1 N–H and O–H groups in total. The molecule has 0 radical (unpaired) electrons. The van der Waals surface area contributed by atoms with Gasteiger partial charge in [-0.05, 0) is 30.3 Å². The predicted octanol–water partition coefficient (Wildman–Crippen LogP) is 5.34. The number of rotatable bonds is 7. The number of benzene rings is 2. The lowest BCUT2D eigenvalue weighted by molar-refractivity contribution is -0.113. The van der Waals surface area contributed by atoms with E-state index in [1.165, 1.54) is 0 Å². The highest BCUT2D eigenvalue weighted by Crippen LogP contribution is 2.28. The second kappa shape index (κ2) is 9.32. The number of carbonyl (C=O) groups is 1. The summed E-state index contributed by atoms with van der Waals surface area (Å²) in [5.74, 6) is 0.566. The van der Waals surface area contributed by atoms with Crippen LogP contribution in [-0.4, -0.2) is 21.9 Å². The SMILES string of the molecule is O=C(CSc1nnc(COc2ccc(Cl)cc2Cl)o1)Nc1ccccc1Cl. The van der Waals surface area contributed by atoms with Crippen molar-refractivity contribution in [3.8, 4) is 5.75 Å². The fraction of sp³-hybridized carbons (Fsp3) is 0.118. The molecule has 3 aromatic rings. The summed E-state index contributed by atoms with van der Waals surface area (Å²) in [5.41, 5.74) is 0.546. The molecular formula is C17H12Cl3N3O3S. The number of ether oxygens (including phenoxy) is 1. The van der Waals surface area contributed by atoms with Crippen LogP contribution in [0.5, 0.6) is 5.75 Å². The zero-order valence-electron chi connectivity index (χ0n) is 13.6. The maximum atomic E-state index is 12.0. The Morgan fingerprint density at radius 2 is 1.93 bits per heavy atom. The number of halogens is 3. The van der Waals surface area contributed by atoms with E-state index in [2.05, 4.69) is 15.5 Å². The van der Waals surface area contributed by atoms with Crippen LogP contribution in [0.1, 0.15) is 5.89 Å². The molecule has 1 aromatic heterocycles. The summed E-state index contributed by atoms with van der Waals surface area (Å²) in [6.07, 6.45) is 0. The van der Waals surface area contributed by atoms with Gasteiger partial charge in [0.1, 0.15) is 5.75 Å². The van der Waals surface area contributed by atoms with Gasteiger partial charge in [0.15, 0.2) is 6.61 Å². The summed E-state index contributed by atoms with van der Waals surface area (Å²) < 4.78 is 11.0. The standard InChI is InChI=1S/C17H12Cl3N3O3S/c18-10-5-6-14(12(20)7-10)25-8-16-22-23-17(26-16)27-9-15(24)21-13-4-2-1-3-11(13)19/h1-7H,8-9H2,(H,21,24). The largest absolute Gasteiger partial charge is 0.482 e. The van der Waals surface area contributed by atoms with E-state index in [1.807, 2.05) is 0 Å². The third-order valence-electron chi connectivity index (χ3n) is 3.17. The number of nitrogens with zero attached hydrogens (tertiary/aromatic N) is 2. The molecule has 10 heteroatoms. The molecule has 0 atom stereocenters. The Labute approximate surface area is 174 Å². The first kappa shape index (κ1) is 19.8. The second-order valence-electron chi connectivity index (χ2n) is 5.14. The van der Waals surface area contributed by atoms with Gasteiger partial charge in [-0.15, -0.1) is 10.2 Å². The zero-order valence-corrected chi connectivity index (χ0v) is 16.7. The van der Waals surface area contributed by atoms with Crippen molar-refractivity contribution in [1.29, 1.82) is 0 Å². The first-order chi connectivity index (χ1) is 13.0. The van der Waals surface area contributed by atoms with E-state index in [-0.39, 0.29) is 29.4 Å². The lowest BCUT2D eigenvalue weighted by Gasteiger charge is -2.06. The van der Waals surface area contributed by atoms with E-state index in [1.54, 1.807) is 42.5 Å². The van der Waals surface area contributed by atoms with Gasteiger partial charge in [-0.1, -0.05) is 58.7 Å². The van der Waals surface area contributed by atoms with Crippen molar-refractivity contribution < 1.29 is 13.9 Å². The topological polar surface area (TPSA) is 77.2 Å². The Balaban J connectivity index is 1.49. The van der Waals surface area contributed by atoms with Gasteiger partial charge in [0.25, 0.3) is 11.1 Å². The van der Waals surface area contributed by atoms with Gasteiger partial charge in [0.05, 0.1) is 21.5 Å². The Bertz CT molecular complexity index is 952. The summed E-state index contributed by atoms with van der Waals surface area (Å²) in [5, 5.41) is 12.1. The van der Waals surface area contributed by atoms with E-state index >= 15 is 0 Å². The predicted molar refractivity (Wildman–Crippen MR) is 106 cm³/mol. The van der Waals surface area contributed by atoms with E-state index in [0.29, 0.717) is 26.5 Å². The third kappa shape index (κ3) is 5.77. The molecule has 0 fully saturated rings. The fourth-order valence-corrected chi connectivity index (χ4v) is 3.19. The molecular weight excluding hydrogens is 433 g/mol. The molecule has 6 nitrogen and oxygen atoms in total. The Hall–Kier alpha value is -1.93. The molecule has 0 saturated heterocycles. The molecule has 0 aliphatic rings. The molecule has 0 aliphatic carbocycles. The highest BCUT2D eigenvalue weighted by atomic mass is 35.5. The van der Waals surface area contributed by atoms with Crippen molar-refractivity contribution in [3.63, 3.8) is 0 Å². The van der Waals surface area contributed by atoms with Crippen molar-refractivity contribution in [2.75, 3.05) is 11.1 Å². The summed E-state index contributed by atoms with van der Waals surface area (Å²) in [6, 6.07) is 11.9. The van der Waals surface area contributed by atoms with Crippen molar-refractivity contribution >= 4 is 58.2 Å². The quantitative estimate of drug-likeness (QED) is 0.496. The normalized spacial score (nSPS) is 10.6. The van der Waals surface area contributed by atoms with Crippen LogP contribution in [-0.2, 0) is 11.4 Å². The molecule has 1 amide bonds. The summed E-state index contributed by atoms with van der Waals surface area (Å²) in [4.78, 5) is 12.0. The summed E-state index contributed by atoms with van der Waals surface area (Å²) in [7, 11) is 0. The molecule has 2 aromatic carbocycles. The van der Waals surface area contributed by atoms with E-state index in [9.17, 15) is 4.79 Å². The molecule has 0 saturated carbocycles. The molecule has 140 valence electrons. The summed E-state index contributed by atoms with van der Waals surface area (Å²) in [6.45, 7) is 0.0424. The number of hydrogen-bond acceptors (Lipinski definition) is 6. The highest BCUT2D eigenvalue weighted by molar-refractivity contribution is 7.99. The van der Waals surface area contributed by atoms with Crippen LogP contribution < -0.4 is 10.1 Å². The molecule has 27 heavy (non-hydrogen) atoms. The van der Waals surface area contributed by atoms with E-state index in [4.69, 9.17) is 44.0 Å². The van der Waals surface area contributed by atoms with Crippen LogP contribution in [0.4, 0.5) is 5.69 Å². The fourth-order valence-electron chi connectivity index (χ4n) is 1.96. The molecule has 0 bridgehead atoms. The van der Waals surface area contributed by atoms with Gasteiger partial charge < -0.3 is 14.5 Å². The molecule has 0 spiro atoms. The van der Waals surface area contributed by atoms with E-state index in [0.717, 1.165) is 11.8 Å². The molecule has 0 aliphatic heterocycles. The van der Waals surface area contributed by atoms with Crippen LogP contribution in [0.25, 0.3) is 0 Å². The lowest BCUT2D eigenvalue weighted by Crippen LogP contribution is -2.14. The van der Waals surface area contributed by atoms with Crippen molar-refractivity contribution in [1.82, 2.24) is 10.2 Å². The number of amides is 1. The Morgan fingerprint density at radius 1 is 1.11 bits per heavy atom. The maximum Gasteiger partial charge on any atom is 0.277 e. The first-order valence-corrected chi connectivity index (χ1v) is 9.70. The minimum Gasteiger partial charge on any atom is -0.482 e. The minimum absolute atomic E-state index is 0.0424. The van der Waals surface area contributed by atoms with Crippen LogP contribution in [0, 0.1) is 0 Å². The third-order valence-corrected chi connectivity index (χ3v) is 4.85. The van der Waals surface area contributed by atoms with Crippen molar-refractivity contribution in [3.05, 3.63) is 63.4 Å². The lowest BCUT2D eigenvalue weighted by atomic mass is 10.3. The van der Waals surface area contributed by atoms with Gasteiger partial charge in [-0.2, -0.15) is 0 Å². The molecule has 3 rings (SSSR count). The maximum absolute atomic E-state index is 12.0. The number of thioether (sulfide) groups is 1. The molecule has 1 heterocycles. The smallest absolute Gasteiger partial charge is 0.277 e. The van der Waals surface area contributed by atoms with Crippen LogP contribution in [0.2, 0.25) is 15.1 Å². The van der Waals surface area contributed by atoms with Crippen LogP contribution in [0.15, 0.2) is 52.1 Å². The Kier molecular flexibility index (Phi) is 6.84. The van der Waals surface area contributed by atoms with Crippen molar-refractivity contribution in [2.24, 2.45) is 0 Å². The van der Waals surface area contributed by atoms with Crippen molar-refractivity contribution in [2.45, 2.75) is 11.8 Å². The number of para-hydroxylation sites is 1.